The SMILES string of the molecule is CCOC(=O)C1CCCN(CC(=O)N(C)Cc2ccco2)C1. The van der Waals surface area contributed by atoms with Crippen LogP contribution in [0.25, 0.3) is 0 Å². The van der Waals surface area contributed by atoms with Gasteiger partial charge in [0.1, 0.15) is 5.76 Å². The smallest absolute Gasteiger partial charge is 0.310 e. The summed E-state index contributed by atoms with van der Waals surface area (Å²) in [5, 5.41) is 0. The van der Waals surface area contributed by atoms with Crippen molar-refractivity contribution >= 4 is 11.9 Å². The normalized spacial score (nSPS) is 18.9. The molecule has 1 atom stereocenters. The monoisotopic (exact) mass is 308 g/mol. The van der Waals surface area contributed by atoms with Crippen LogP contribution in [0.2, 0.25) is 0 Å². The standard InChI is InChI=1S/C16H24N2O4/c1-3-21-16(20)13-6-4-8-18(10-13)12-15(19)17(2)11-14-7-5-9-22-14/h5,7,9,13H,3-4,6,8,10-12H2,1-2H3. The van der Waals surface area contributed by atoms with E-state index in [2.05, 4.69) is 0 Å². The fraction of sp³-hybridized carbons (Fsp3) is 0.625. The van der Waals surface area contributed by atoms with Gasteiger partial charge in [-0.2, -0.15) is 0 Å². The Morgan fingerprint density at radius 1 is 1.50 bits per heavy atom. The van der Waals surface area contributed by atoms with Gasteiger partial charge in [0.05, 0.1) is 31.9 Å². The van der Waals surface area contributed by atoms with E-state index in [1.807, 2.05) is 24.0 Å². The van der Waals surface area contributed by atoms with Crippen LogP contribution in [0.1, 0.15) is 25.5 Å². The summed E-state index contributed by atoms with van der Waals surface area (Å²) in [7, 11) is 1.76. The highest BCUT2D eigenvalue weighted by Gasteiger charge is 2.28. The van der Waals surface area contributed by atoms with Crippen molar-refractivity contribution in [3.05, 3.63) is 24.2 Å². The molecule has 1 aliphatic rings. The number of amides is 1. The Labute approximate surface area is 131 Å². The molecule has 1 fully saturated rings. The molecule has 6 heteroatoms. The second-order valence-corrected chi connectivity index (χ2v) is 5.66. The molecule has 0 bridgehead atoms. The number of carbonyl (C=O) groups is 2. The van der Waals surface area contributed by atoms with Gasteiger partial charge in [-0.25, -0.2) is 0 Å². The third-order valence-corrected chi connectivity index (χ3v) is 3.88. The summed E-state index contributed by atoms with van der Waals surface area (Å²) < 4.78 is 10.3. The van der Waals surface area contributed by atoms with Crippen LogP contribution < -0.4 is 0 Å². The van der Waals surface area contributed by atoms with Gasteiger partial charge in [0.2, 0.25) is 5.91 Å². The Kier molecular flexibility index (Phi) is 6.00. The Morgan fingerprint density at radius 2 is 2.32 bits per heavy atom. The molecule has 0 aromatic carbocycles. The first-order valence-corrected chi connectivity index (χ1v) is 7.75. The lowest BCUT2D eigenvalue weighted by Gasteiger charge is -2.31. The molecule has 1 saturated heterocycles. The van der Waals surface area contributed by atoms with Crippen molar-refractivity contribution in [2.75, 3.05) is 33.3 Å². The summed E-state index contributed by atoms with van der Waals surface area (Å²) in [6.07, 6.45) is 3.35. The minimum Gasteiger partial charge on any atom is -0.467 e. The minimum absolute atomic E-state index is 0.0286. The molecule has 1 aromatic heterocycles. The molecule has 122 valence electrons. The van der Waals surface area contributed by atoms with Gasteiger partial charge in [-0.1, -0.05) is 0 Å². The van der Waals surface area contributed by atoms with E-state index in [1.54, 1.807) is 18.2 Å². The molecule has 0 N–H and O–H groups in total. The largest absolute Gasteiger partial charge is 0.467 e. The number of piperidine rings is 1. The summed E-state index contributed by atoms with van der Waals surface area (Å²) in [6, 6.07) is 3.66. The lowest BCUT2D eigenvalue weighted by Crippen LogP contribution is -2.44. The molecule has 2 rings (SSSR count). The number of ether oxygens (including phenoxy) is 1. The van der Waals surface area contributed by atoms with Gasteiger partial charge < -0.3 is 14.1 Å². The van der Waals surface area contributed by atoms with Crippen molar-refractivity contribution in [2.45, 2.75) is 26.3 Å². The van der Waals surface area contributed by atoms with Gasteiger partial charge in [0.15, 0.2) is 0 Å². The molecule has 1 amide bonds. The number of esters is 1. The van der Waals surface area contributed by atoms with Gasteiger partial charge in [0, 0.05) is 13.6 Å². The Hall–Kier alpha value is -1.82. The van der Waals surface area contributed by atoms with Gasteiger partial charge >= 0.3 is 5.97 Å². The zero-order valence-electron chi connectivity index (χ0n) is 13.3. The van der Waals surface area contributed by atoms with Crippen molar-refractivity contribution in [3.63, 3.8) is 0 Å². The van der Waals surface area contributed by atoms with Crippen LogP contribution in [-0.2, 0) is 20.9 Å². The van der Waals surface area contributed by atoms with Crippen LogP contribution >= 0.6 is 0 Å². The van der Waals surface area contributed by atoms with Crippen molar-refractivity contribution in [1.82, 2.24) is 9.80 Å². The van der Waals surface area contributed by atoms with Crippen LogP contribution in [0.15, 0.2) is 22.8 Å². The van der Waals surface area contributed by atoms with Gasteiger partial charge in [-0.3, -0.25) is 14.5 Å². The Bertz CT molecular complexity index is 486. The summed E-state index contributed by atoms with van der Waals surface area (Å²) >= 11 is 0. The summed E-state index contributed by atoms with van der Waals surface area (Å²) in [6.45, 7) is 4.44. The summed E-state index contributed by atoms with van der Waals surface area (Å²) in [5.41, 5.74) is 0. The maximum atomic E-state index is 12.3. The number of rotatable bonds is 6. The van der Waals surface area contributed by atoms with Crippen molar-refractivity contribution in [3.8, 4) is 0 Å². The summed E-state index contributed by atoms with van der Waals surface area (Å²) in [4.78, 5) is 27.8. The molecule has 2 heterocycles. The second-order valence-electron chi connectivity index (χ2n) is 5.66. The first kappa shape index (κ1) is 16.5. The fourth-order valence-corrected chi connectivity index (χ4v) is 2.69. The van der Waals surface area contributed by atoms with Gasteiger partial charge in [0.25, 0.3) is 0 Å². The molecule has 0 radical (unpaired) electrons. The van der Waals surface area contributed by atoms with Crippen molar-refractivity contribution in [2.24, 2.45) is 5.92 Å². The maximum absolute atomic E-state index is 12.3. The number of furan rings is 1. The molecular formula is C16H24N2O4. The predicted octanol–water partition coefficient (Wildman–Crippen LogP) is 1.51. The quantitative estimate of drug-likeness (QED) is 0.746. The molecular weight excluding hydrogens is 284 g/mol. The van der Waals surface area contributed by atoms with Crippen molar-refractivity contribution < 1.29 is 18.7 Å². The number of carbonyl (C=O) groups excluding carboxylic acids is 2. The number of hydrogen-bond acceptors (Lipinski definition) is 5. The zero-order valence-corrected chi connectivity index (χ0v) is 13.3. The van der Waals surface area contributed by atoms with E-state index in [1.165, 1.54) is 0 Å². The second kappa shape index (κ2) is 7.98. The summed E-state index contributed by atoms with van der Waals surface area (Å²) in [5.74, 6) is 0.528. The molecule has 0 saturated carbocycles. The van der Waals surface area contributed by atoms with Crippen LogP contribution in [0.3, 0.4) is 0 Å². The molecule has 6 nitrogen and oxygen atoms in total. The van der Waals surface area contributed by atoms with E-state index >= 15 is 0 Å². The third kappa shape index (κ3) is 4.59. The first-order chi connectivity index (χ1) is 10.6. The Balaban J connectivity index is 1.81. The third-order valence-electron chi connectivity index (χ3n) is 3.88. The molecule has 22 heavy (non-hydrogen) atoms. The van der Waals surface area contributed by atoms with Gasteiger partial charge in [-0.15, -0.1) is 0 Å². The van der Waals surface area contributed by atoms with Crippen molar-refractivity contribution in [1.29, 1.82) is 0 Å². The molecule has 1 unspecified atom stereocenters. The molecule has 1 aliphatic heterocycles. The molecule has 0 aliphatic carbocycles. The average molecular weight is 308 g/mol. The number of likely N-dealkylation sites (tertiary alicyclic amines) is 1. The number of hydrogen-bond donors (Lipinski definition) is 0. The number of likely N-dealkylation sites (N-methyl/N-ethyl adjacent to an activating group) is 1. The van der Waals surface area contributed by atoms with E-state index in [4.69, 9.17) is 9.15 Å². The number of nitrogens with zero attached hydrogens (tertiary/aromatic N) is 2. The van der Waals surface area contributed by atoms with E-state index in [0.717, 1.165) is 25.1 Å². The lowest BCUT2D eigenvalue weighted by molar-refractivity contribution is -0.150. The van der Waals surface area contributed by atoms with E-state index in [9.17, 15) is 9.59 Å². The van der Waals surface area contributed by atoms with Crippen LogP contribution in [-0.4, -0.2) is 55.0 Å². The van der Waals surface area contributed by atoms with Crippen LogP contribution in [0.5, 0.6) is 0 Å². The highest BCUT2D eigenvalue weighted by Crippen LogP contribution is 2.18. The average Bonchev–Trinajstić information content (AvgIpc) is 3.00. The predicted molar refractivity (Wildman–Crippen MR) is 81.0 cm³/mol. The fourth-order valence-electron chi connectivity index (χ4n) is 2.69. The first-order valence-electron chi connectivity index (χ1n) is 7.75. The molecule has 1 aromatic rings. The molecule has 0 spiro atoms. The van der Waals surface area contributed by atoms with E-state index < -0.39 is 0 Å². The van der Waals surface area contributed by atoms with Crippen LogP contribution in [0.4, 0.5) is 0 Å². The lowest BCUT2D eigenvalue weighted by atomic mass is 9.98. The maximum Gasteiger partial charge on any atom is 0.310 e. The van der Waals surface area contributed by atoms with Crippen LogP contribution in [0, 0.1) is 5.92 Å². The highest BCUT2D eigenvalue weighted by atomic mass is 16.5. The van der Waals surface area contributed by atoms with Gasteiger partial charge in [-0.05, 0) is 38.4 Å². The van der Waals surface area contributed by atoms with E-state index in [0.29, 0.717) is 26.2 Å². The van der Waals surface area contributed by atoms with E-state index in [-0.39, 0.29) is 17.8 Å². The Morgan fingerprint density at radius 3 is 3.00 bits per heavy atom. The topological polar surface area (TPSA) is 63.0 Å². The zero-order chi connectivity index (χ0) is 15.9. The highest BCUT2D eigenvalue weighted by molar-refractivity contribution is 5.78. The minimum atomic E-state index is -0.149.